The van der Waals surface area contributed by atoms with Crippen LogP contribution in [0.1, 0.15) is 18.1 Å². The molecule has 0 unspecified atom stereocenters. The van der Waals surface area contributed by atoms with E-state index in [1.54, 1.807) is 38.2 Å². The summed E-state index contributed by atoms with van der Waals surface area (Å²) in [7, 11) is 0. The smallest absolute Gasteiger partial charge is 0.420 e. The number of ether oxygens (including phenoxy) is 2. The zero-order chi connectivity index (χ0) is 24.5. The SMILES string of the molecule is Cc1cc(-c2ccc(=O)[nH]c2)ccc1NC(=O)Nc1ccc(OC2(C)COC2)c(C(F)(F)F)c1. The van der Waals surface area contributed by atoms with Crippen LogP contribution in [0.4, 0.5) is 29.3 Å². The van der Waals surface area contributed by atoms with Crippen molar-refractivity contribution in [1.82, 2.24) is 4.98 Å². The van der Waals surface area contributed by atoms with E-state index in [1.165, 1.54) is 18.2 Å². The maximum Gasteiger partial charge on any atom is 0.420 e. The van der Waals surface area contributed by atoms with Gasteiger partial charge in [-0.2, -0.15) is 13.2 Å². The number of nitrogens with one attached hydrogen (secondary N) is 3. The van der Waals surface area contributed by atoms with Crippen molar-refractivity contribution < 1.29 is 27.4 Å². The topological polar surface area (TPSA) is 92.5 Å². The normalized spacial score (nSPS) is 14.7. The Balaban J connectivity index is 1.48. The van der Waals surface area contributed by atoms with E-state index < -0.39 is 23.4 Å². The predicted octanol–water partition coefficient (Wildman–Crippen LogP) is 5.18. The van der Waals surface area contributed by atoms with Gasteiger partial charge in [-0.15, -0.1) is 0 Å². The van der Waals surface area contributed by atoms with Crippen molar-refractivity contribution in [1.29, 1.82) is 0 Å². The van der Waals surface area contributed by atoms with E-state index in [4.69, 9.17) is 9.47 Å². The number of anilines is 2. The molecule has 2 aromatic carbocycles. The van der Waals surface area contributed by atoms with E-state index in [1.807, 2.05) is 6.07 Å². The number of urea groups is 1. The average Bonchev–Trinajstić information content (AvgIpc) is 2.75. The molecule has 1 aromatic heterocycles. The number of H-pyrrole nitrogens is 1. The van der Waals surface area contributed by atoms with Gasteiger partial charge in [0, 0.05) is 23.6 Å². The Morgan fingerprint density at radius 3 is 2.38 bits per heavy atom. The number of carbonyl (C=O) groups is 1. The van der Waals surface area contributed by atoms with Crippen LogP contribution in [0.2, 0.25) is 0 Å². The Morgan fingerprint density at radius 1 is 1.06 bits per heavy atom. The van der Waals surface area contributed by atoms with E-state index in [2.05, 4.69) is 15.6 Å². The first kappa shape index (κ1) is 23.4. The summed E-state index contributed by atoms with van der Waals surface area (Å²) in [6.07, 6.45) is -3.08. The van der Waals surface area contributed by atoms with Crippen molar-refractivity contribution in [2.45, 2.75) is 25.6 Å². The average molecular weight is 473 g/mol. The van der Waals surface area contributed by atoms with Gasteiger partial charge in [0.1, 0.15) is 5.75 Å². The van der Waals surface area contributed by atoms with E-state index in [9.17, 15) is 22.8 Å². The Bertz CT molecular complexity index is 1260. The van der Waals surface area contributed by atoms with Crippen LogP contribution < -0.4 is 20.9 Å². The molecule has 0 atom stereocenters. The van der Waals surface area contributed by atoms with E-state index in [0.717, 1.165) is 22.8 Å². The number of aromatic amines is 1. The maximum atomic E-state index is 13.6. The standard InChI is InChI=1S/C24H22F3N3O4/c1-14-9-15(16-4-8-21(31)28-11-16)3-6-19(14)30-22(32)29-17-5-7-20(18(10-17)24(25,26)27)34-23(2)12-33-13-23/h3-11H,12-13H2,1-2H3,(H,28,31)(H2,29,30,32). The van der Waals surface area contributed by atoms with Crippen LogP contribution in [0.5, 0.6) is 5.75 Å². The molecular weight excluding hydrogens is 451 g/mol. The molecule has 3 N–H and O–H groups in total. The first-order valence-corrected chi connectivity index (χ1v) is 10.4. The van der Waals surface area contributed by atoms with Crippen LogP contribution in [-0.4, -0.2) is 29.8 Å². The summed E-state index contributed by atoms with van der Waals surface area (Å²) < 4.78 is 51.4. The van der Waals surface area contributed by atoms with Gasteiger partial charge >= 0.3 is 12.2 Å². The molecule has 3 aromatic rings. The highest BCUT2D eigenvalue weighted by atomic mass is 19.4. The minimum atomic E-state index is -4.67. The summed E-state index contributed by atoms with van der Waals surface area (Å²) in [6, 6.07) is 11.0. The molecule has 10 heteroatoms. The number of aromatic nitrogens is 1. The van der Waals surface area contributed by atoms with Gasteiger partial charge in [-0.05, 0) is 66.9 Å². The first-order chi connectivity index (χ1) is 16.0. The molecule has 0 saturated carbocycles. The van der Waals surface area contributed by atoms with Crippen LogP contribution in [0.15, 0.2) is 59.5 Å². The van der Waals surface area contributed by atoms with E-state index in [0.29, 0.717) is 5.69 Å². The summed E-state index contributed by atoms with van der Waals surface area (Å²) in [5.41, 5.74) is 0.794. The van der Waals surface area contributed by atoms with Crippen molar-refractivity contribution in [3.8, 4) is 16.9 Å². The van der Waals surface area contributed by atoms with Gasteiger partial charge in [0.05, 0.1) is 18.8 Å². The lowest BCUT2D eigenvalue weighted by molar-refractivity contribution is -0.160. The Hall–Kier alpha value is -3.79. The number of halogens is 3. The minimum absolute atomic E-state index is 0.0327. The fourth-order valence-electron chi connectivity index (χ4n) is 3.49. The molecule has 1 saturated heterocycles. The monoisotopic (exact) mass is 473 g/mol. The van der Waals surface area contributed by atoms with E-state index >= 15 is 0 Å². The molecular formula is C24H22F3N3O4. The lowest BCUT2D eigenvalue weighted by Crippen LogP contribution is -2.51. The number of carbonyl (C=O) groups excluding carboxylic acids is 1. The molecule has 178 valence electrons. The number of hydrogen-bond donors (Lipinski definition) is 3. The Kier molecular flexibility index (Phi) is 6.09. The first-order valence-electron chi connectivity index (χ1n) is 10.4. The van der Waals surface area contributed by atoms with Gasteiger partial charge in [0.2, 0.25) is 5.56 Å². The molecule has 2 amide bonds. The molecule has 34 heavy (non-hydrogen) atoms. The third-order valence-corrected chi connectivity index (χ3v) is 5.31. The molecule has 0 spiro atoms. The van der Waals surface area contributed by atoms with Crippen LogP contribution in [0.3, 0.4) is 0 Å². The summed E-state index contributed by atoms with van der Waals surface area (Å²) in [5.74, 6) is -0.321. The van der Waals surface area contributed by atoms with Crippen molar-refractivity contribution in [2.75, 3.05) is 23.8 Å². The maximum absolute atomic E-state index is 13.6. The molecule has 0 radical (unpaired) electrons. The second kappa shape index (κ2) is 8.86. The number of benzene rings is 2. The summed E-state index contributed by atoms with van der Waals surface area (Å²) >= 11 is 0. The molecule has 7 nitrogen and oxygen atoms in total. The van der Waals surface area contributed by atoms with Gasteiger partial charge in [-0.25, -0.2) is 4.79 Å². The van der Waals surface area contributed by atoms with Crippen LogP contribution >= 0.6 is 0 Å². The van der Waals surface area contributed by atoms with Crippen LogP contribution in [-0.2, 0) is 10.9 Å². The fourth-order valence-corrected chi connectivity index (χ4v) is 3.49. The third-order valence-electron chi connectivity index (χ3n) is 5.31. The van der Waals surface area contributed by atoms with E-state index in [-0.39, 0.29) is 30.2 Å². The molecule has 1 aliphatic rings. The van der Waals surface area contributed by atoms with Crippen molar-refractivity contribution in [2.24, 2.45) is 0 Å². The largest absolute Gasteiger partial charge is 0.482 e. The molecule has 0 bridgehead atoms. The molecule has 4 rings (SSSR count). The van der Waals surface area contributed by atoms with Crippen molar-refractivity contribution >= 4 is 17.4 Å². The van der Waals surface area contributed by atoms with Gasteiger partial charge in [-0.3, -0.25) is 4.79 Å². The highest BCUT2D eigenvalue weighted by molar-refractivity contribution is 6.00. The van der Waals surface area contributed by atoms with Gasteiger partial charge in [0.25, 0.3) is 0 Å². The minimum Gasteiger partial charge on any atom is -0.482 e. The highest BCUT2D eigenvalue weighted by Gasteiger charge is 2.40. The number of amides is 2. The second-order valence-electron chi connectivity index (χ2n) is 8.30. The predicted molar refractivity (Wildman–Crippen MR) is 121 cm³/mol. The quantitative estimate of drug-likeness (QED) is 0.476. The zero-order valence-electron chi connectivity index (χ0n) is 18.4. The van der Waals surface area contributed by atoms with Crippen LogP contribution in [0, 0.1) is 6.92 Å². The lowest BCUT2D eigenvalue weighted by Gasteiger charge is -2.38. The lowest BCUT2D eigenvalue weighted by atomic mass is 10.0. The molecule has 1 aliphatic heterocycles. The molecule has 1 fully saturated rings. The Morgan fingerprint density at radius 2 is 1.79 bits per heavy atom. The fraction of sp³-hybridized carbons (Fsp3) is 0.250. The summed E-state index contributed by atoms with van der Waals surface area (Å²) in [6.45, 7) is 3.85. The van der Waals surface area contributed by atoms with Crippen molar-refractivity contribution in [3.63, 3.8) is 0 Å². The number of aryl methyl sites for hydroxylation is 1. The summed E-state index contributed by atoms with van der Waals surface area (Å²) in [4.78, 5) is 26.3. The van der Waals surface area contributed by atoms with Gasteiger partial charge < -0.3 is 25.1 Å². The number of alkyl halides is 3. The zero-order valence-corrected chi connectivity index (χ0v) is 18.4. The highest BCUT2D eigenvalue weighted by Crippen LogP contribution is 2.40. The third kappa shape index (κ3) is 5.23. The Labute approximate surface area is 192 Å². The second-order valence-corrected chi connectivity index (χ2v) is 8.30. The van der Waals surface area contributed by atoms with Gasteiger partial charge in [-0.1, -0.05) is 6.07 Å². The van der Waals surface area contributed by atoms with Crippen LogP contribution in [0.25, 0.3) is 11.1 Å². The van der Waals surface area contributed by atoms with Crippen molar-refractivity contribution in [3.05, 3.63) is 76.2 Å². The van der Waals surface area contributed by atoms with Gasteiger partial charge in [0.15, 0.2) is 5.60 Å². The number of pyridine rings is 1. The number of rotatable bonds is 5. The summed E-state index contributed by atoms with van der Waals surface area (Å²) in [5, 5.41) is 5.07. The molecule has 0 aliphatic carbocycles. The number of hydrogen-bond acceptors (Lipinski definition) is 4. The molecule has 2 heterocycles.